The maximum absolute atomic E-state index is 10.2. The average Bonchev–Trinajstić information content (AvgIpc) is 1.72. The minimum Gasteiger partial charge on any atom is -0.296 e. The van der Waals surface area contributed by atoms with Gasteiger partial charge >= 0.3 is 0 Å². The van der Waals surface area contributed by atoms with Crippen molar-refractivity contribution in [2.45, 2.75) is 60.0 Å². The lowest BCUT2D eigenvalue weighted by Gasteiger charge is -2.18. The first-order chi connectivity index (χ1) is 43.4. The highest BCUT2D eigenvalue weighted by atomic mass is 15.0. The smallest absolute Gasteiger partial charge is 0.147 e. The van der Waals surface area contributed by atoms with Crippen molar-refractivity contribution in [1.82, 2.24) is 33.7 Å². The van der Waals surface area contributed by atoms with E-state index in [1.54, 1.807) is 60.1 Å². The molecular formula is C72H57N7. The summed E-state index contributed by atoms with van der Waals surface area (Å²) in [6.45, 7) is 4.84. The molecule has 7 nitrogen and oxygen atoms in total. The van der Waals surface area contributed by atoms with Gasteiger partial charge in [-0.05, 0) is 181 Å². The Bertz CT molecular complexity index is 5290. The van der Waals surface area contributed by atoms with Gasteiger partial charge < -0.3 is 0 Å². The highest BCUT2D eigenvalue weighted by molar-refractivity contribution is 6.12. The van der Waals surface area contributed by atoms with Crippen LogP contribution in [0.15, 0.2) is 207 Å². The quantitative estimate of drug-likeness (QED) is 0.121. The number of nitrogens with zero attached hydrogens (tertiary/aromatic N) is 7. The summed E-state index contributed by atoms with van der Waals surface area (Å²) in [5.41, 5.74) is 12.3. The number of pyridine rings is 5. The molecule has 0 saturated heterocycles. The van der Waals surface area contributed by atoms with Gasteiger partial charge in [-0.3, -0.25) is 23.8 Å². The number of fused-ring (bicyclic) bond motifs is 12. The molecule has 0 aliphatic carbocycles. The molecule has 14 rings (SSSR count). The third-order valence-corrected chi connectivity index (χ3v) is 15.3. The molecule has 7 heteroatoms. The number of hydrogen-bond acceptors (Lipinski definition) is 5. The molecule has 79 heavy (non-hydrogen) atoms. The molecule has 0 unspecified atom stereocenters. The third kappa shape index (κ3) is 8.41. The molecular weight excluding hydrogens is 963 g/mol. The molecule has 7 aromatic heterocycles. The Morgan fingerprint density at radius 3 is 1.71 bits per heavy atom. The molecule has 0 atom stereocenters. The number of rotatable bonds is 11. The molecule has 0 aliphatic heterocycles. The summed E-state index contributed by atoms with van der Waals surface area (Å²) in [5.74, 6) is 0. The molecule has 0 aliphatic rings. The second-order valence-corrected chi connectivity index (χ2v) is 20.0. The summed E-state index contributed by atoms with van der Waals surface area (Å²) in [6.07, 6.45) is -7.01. The predicted octanol–water partition coefficient (Wildman–Crippen LogP) is 17.2. The summed E-state index contributed by atoms with van der Waals surface area (Å²) in [6, 6.07) is 54.7. The van der Waals surface area contributed by atoms with Crippen LogP contribution in [0.5, 0.6) is 0 Å². The van der Waals surface area contributed by atoms with Crippen LogP contribution in [0.1, 0.15) is 67.0 Å². The lowest BCUT2D eigenvalue weighted by molar-refractivity contribution is 0.932. The average molecular weight is 1030 g/mol. The first-order valence-electron chi connectivity index (χ1n) is 32.2. The Morgan fingerprint density at radius 1 is 0.418 bits per heavy atom. The predicted molar refractivity (Wildman–Crippen MR) is 326 cm³/mol. The van der Waals surface area contributed by atoms with E-state index in [2.05, 4.69) is 57.4 Å². The number of benzene rings is 7. The summed E-state index contributed by atoms with van der Waals surface area (Å²) in [5, 5.41) is 1.94. The monoisotopic (exact) mass is 1030 g/mol. The first-order valence-corrected chi connectivity index (χ1v) is 26.2. The van der Waals surface area contributed by atoms with Gasteiger partial charge in [0.15, 0.2) is 0 Å². The minimum atomic E-state index is -2.99. The van der Waals surface area contributed by atoms with Crippen molar-refractivity contribution in [1.29, 1.82) is 0 Å². The van der Waals surface area contributed by atoms with E-state index in [0.717, 1.165) is 44.8 Å². The Hall–Kier alpha value is -9.59. The fourth-order valence-electron chi connectivity index (χ4n) is 11.1. The number of aryl methyl sites for hydroxylation is 9. The summed E-state index contributed by atoms with van der Waals surface area (Å²) in [7, 11) is 0. The lowest BCUT2D eigenvalue weighted by Crippen LogP contribution is -2.00. The van der Waals surface area contributed by atoms with E-state index in [0.29, 0.717) is 88.7 Å². The van der Waals surface area contributed by atoms with Crippen LogP contribution in [0.25, 0.3) is 111 Å². The van der Waals surface area contributed by atoms with Crippen LogP contribution in [0.3, 0.4) is 0 Å². The molecule has 0 spiro atoms. The molecule has 7 heterocycles. The van der Waals surface area contributed by atoms with Gasteiger partial charge in [0, 0.05) is 72.2 Å². The maximum Gasteiger partial charge on any atom is 0.147 e. The van der Waals surface area contributed by atoms with Crippen molar-refractivity contribution in [3.05, 3.63) is 257 Å². The highest BCUT2D eigenvalue weighted by Gasteiger charge is 2.20. The second-order valence-electron chi connectivity index (χ2n) is 20.0. The Morgan fingerprint density at radius 2 is 1.00 bits per heavy atom. The Balaban J connectivity index is 0.975. The van der Waals surface area contributed by atoms with E-state index in [1.165, 1.54) is 36.5 Å². The van der Waals surface area contributed by atoms with Crippen molar-refractivity contribution < 1.29 is 16.4 Å². The van der Waals surface area contributed by atoms with Crippen LogP contribution in [0.4, 0.5) is 0 Å². The van der Waals surface area contributed by atoms with E-state index in [1.807, 2.05) is 98.0 Å². The standard InChI is InChI=1S/C72H57N7/c1-44-34-37-75-70-62-32-25-50(42-67(62)79-48(5)46(3)77-72(79)68(44)70)21-23-52-38-51(22-20-49-24-31-61-66(41-49)78-47(4)45(2)76-71(78)63-18-13-36-74-69(61)63)39-57(40-52)58-16-9-10-17-59(58)60-33-30-56(65-19-11-12-35-73-65)43-64(60)55-28-26-54(27-29-55)53-14-7-6-8-15-53/h6-19,24-43H,20-23H2,1-5H3/i1D3,18D,20D2,21D2,22D2,23D2. The lowest BCUT2D eigenvalue weighted by atomic mass is 9.86. The fraction of sp³-hybridized carbons (Fsp3) is 0.125. The van der Waals surface area contributed by atoms with E-state index in [9.17, 15) is 11.0 Å². The van der Waals surface area contributed by atoms with Crippen LogP contribution < -0.4 is 0 Å². The van der Waals surface area contributed by atoms with Crippen molar-refractivity contribution in [3.8, 4) is 55.8 Å². The minimum absolute atomic E-state index is 0.0412. The molecule has 7 aromatic carbocycles. The SMILES string of the molecule is [2H]c1ccnc2c3ccc(C([2H])([2H])C([2H])([2H])c4cc(-c5ccccc5-c5ccc(-c6ccccn6)cc5-c5ccc(-c6ccccc6)cc5)cc(C([2H])([2H])C([2H])([2H])c5ccc6c7nccc(C([2H])([2H])[2H])c7c7nc(C)c(C)n7c6c5)c4)cc3n3c(C)c(C)nc3c12. The second kappa shape index (κ2) is 19.5. The number of imidazole rings is 2. The normalized spacial score (nSPS) is 14.9. The largest absolute Gasteiger partial charge is 0.296 e. The van der Waals surface area contributed by atoms with Crippen molar-refractivity contribution in [3.63, 3.8) is 0 Å². The van der Waals surface area contributed by atoms with E-state index >= 15 is 0 Å². The van der Waals surface area contributed by atoms with Crippen LogP contribution in [0, 0.1) is 34.5 Å². The van der Waals surface area contributed by atoms with Gasteiger partial charge in [0.05, 0.1) is 40.5 Å². The molecule has 0 radical (unpaired) electrons. The summed E-state index contributed by atoms with van der Waals surface area (Å²) < 4.78 is 119. The van der Waals surface area contributed by atoms with E-state index in [4.69, 9.17) is 15.5 Å². The van der Waals surface area contributed by atoms with Crippen LogP contribution in [0.2, 0.25) is 0 Å². The maximum atomic E-state index is 10.2. The molecule has 0 fully saturated rings. The van der Waals surface area contributed by atoms with Crippen LogP contribution >= 0.6 is 0 Å². The van der Waals surface area contributed by atoms with Gasteiger partial charge in [0.25, 0.3) is 0 Å². The van der Waals surface area contributed by atoms with Gasteiger partial charge in [-0.2, -0.15) is 0 Å². The van der Waals surface area contributed by atoms with Crippen molar-refractivity contribution in [2.75, 3.05) is 0 Å². The van der Waals surface area contributed by atoms with E-state index in [-0.39, 0.29) is 33.9 Å². The highest BCUT2D eigenvalue weighted by Crippen LogP contribution is 2.42. The Labute approximate surface area is 476 Å². The van der Waals surface area contributed by atoms with Gasteiger partial charge in [-0.25, -0.2) is 9.97 Å². The summed E-state index contributed by atoms with van der Waals surface area (Å²) >= 11 is 0. The van der Waals surface area contributed by atoms with Crippen LogP contribution in [-0.4, -0.2) is 33.7 Å². The molecule has 0 N–H and O–H groups in total. The third-order valence-electron chi connectivity index (χ3n) is 15.3. The van der Waals surface area contributed by atoms with Gasteiger partial charge in [-0.1, -0.05) is 140 Å². The summed E-state index contributed by atoms with van der Waals surface area (Å²) in [4.78, 5) is 23.7. The molecule has 0 bridgehead atoms. The molecule has 0 amide bonds. The zero-order valence-corrected chi connectivity index (χ0v) is 43.7. The van der Waals surface area contributed by atoms with Crippen molar-refractivity contribution >= 4 is 54.9 Å². The van der Waals surface area contributed by atoms with Crippen molar-refractivity contribution in [2.24, 2.45) is 0 Å². The topological polar surface area (TPSA) is 73.3 Å². The van der Waals surface area contributed by atoms with Gasteiger partial charge in [-0.15, -0.1) is 0 Å². The number of aromatic nitrogens is 7. The Kier molecular flexibility index (Phi) is 8.97. The molecule has 380 valence electrons. The van der Waals surface area contributed by atoms with Gasteiger partial charge in [0.2, 0.25) is 0 Å². The van der Waals surface area contributed by atoms with Gasteiger partial charge in [0.1, 0.15) is 11.3 Å². The zero-order valence-electron chi connectivity index (χ0n) is 55.7. The molecule has 14 aromatic rings. The zero-order chi connectivity index (χ0) is 63.8. The molecule has 0 saturated carbocycles. The van der Waals surface area contributed by atoms with E-state index < -0.39 is 32.3 Å². The fourth-order valence-corrected chi connectivity index (χ4v) is 11.1. The first kappa shape index (κ1) is 36.4. The van der Waals surface area contributed by atoms with Crippen LogP contribution in [-0.2, 0) is 25.5 Å². The number of hydrogen-bond donors (Lipinski definition) is 0.